The Morgan fingerprint density at radius 1 is 0.917 bits per heavy atom. The molecule has 0 amide bonds. The van der Waals surface area contributed by atoms with Crippen molar-refractivity contribution in [2.75, 3.05) is 19.0 Å². The Morgan fingerprint density at radius 3 is 2.33 bits per heavy atom. The number of pyridine rings is 1. The molecule has 130 valence electrons. The lowest BCUT2D eigenvalue weighted by Crippen LogP contribution is -3.00. The normalized spacial score (nSPS) is 10.6. The Morgan fingerprint density at radius 2 is 1.67 bits per heavy atom. The van der Waals surface area contributed by atoms with Crippen LogP contribution in [0, 0.1) is 0 Å². The highest BCUT2D eigenvalue weighted by atomic mass is 127. The predicted molar refractivity (Wildman–Crippen MR) is 100 cm³/mol. The first-order valence-electron chi connectivity index (χ1n) is 8.64. The molecule has 0 saturated carbocycles. The number of aryl methyl sites for hydroxylation is 1. The van der Waals surface area contributed by atoms with E-state index >= 15 is 0 Å². The van der Waals surface area contributed by atoms with E-state index in [2.05, 4.69) is 91.3 Å². The summed E-state index contributed by atoms with van der Waals surface area (Å²) < 4.78 is 2.35. The van der Waals surface area contributed by atoms with Gasteiger partial charge in [0.15, 0.2) is 6.20 Å². The minimum absolute atomic E-state index is 0. The summed E-state index contributed by atoms with van der Waals surface area (Å²) in [4.78, 5) is 2.12. The van der Waals surface area contributed by atoms with Gasteiger partial charge in [0.05, 0.1) is 0 Å². The van der Waals surface area contributed by atoms with Crippen LogP contribution in [0.1, 0.15) is 43.9 Å². The molecule has 0 radical (unpaired) electrons. The number of rotatable bonds is 8. The first-order chi connectivity index (χ1) is 11.2. The van der Waals surface area contributed by atoms with Crippen molar-refractivity contribution < 1.29 is 28.5 Å². The fraction of sp³-hybridized carbons (Fsp3) is 0.381. The van der Waals surface area contributed by atoms with Crippen LogP contribution in [0.15, 0.2) is 48.7 Å². The molecule has 0 aliphatic carbocycles. The van der Waals surface area contributed by atoms with Crippen LogP contribution in [0.3, 0.4) is 0 Å². The summed E-state index contributed by atoms with van der Waals surface area (Å²) >= 11 is 0. The lowest BCUT2D eigenvalue weighted by molar-refractivity contribution is -0.699. The summed E-state index contributed by atoms with van der Waals surface area (Å²) in [7, 11) is 4.13. The van der Waals surface area contributed by atoms with Gasteiger partial charge >= 0.3 is 0 Å². The Labute approximate surface area is 164 Å². The van der Waals surface area contributed by atoms with E-state index in [-0.39, 0.29) is 24.0 Å². The van der Waals surface area contributed by atoms with E-state index < -0.39 is 0 Å². The third kappa shape index (κ3) is 6.63. The molecule has 0 saturated heterocycles. The molecule has 0 atom stereocenters. The van der Waals surface area contributed by atoms with E-state index in [0.29, 0.717) is 0 Å². The number of hydrogen-bond donors (Lipinski definition) is 0. The van der Waals surface area contributed by atoms with Gasteiger partial charge < -0.3 is 28.9 Å². The van der Waals surface area contributed by atoms with Crippen LogP contribution in [0.5, 0.6) is 0 Å². The zero-order valence-electron chi connectivity index (χ0n) is 15.1. The maximum absolute atomic E-state index is 2.35. The zero-order valence-corrected chi connectivity index (χ0v) is 17.2. The van der Waals surface area contributed by atoms with Gasteiger partial charge in [-0.2, -0.15) is 4.57 Å². The van der Waals surface area contributed by atoms with Gasteiger partial charge in [0.25, 0.3) is 0 Å². The van der Waals surface area contributed by atoms with Crippen molar-refractivity contribution >= 4 is 17.8 Å². The first-order valence-corrected chi connectivity index (χ1v) is 8.64. The minimum atomic E-state index is 0. The summed E-state index contributed by atoms with van der Waals surface area (Å²) in [5, 5.41) is 0. The summed E-state index contributed by atoms with van der Waals surface area (Å²) in [5.41, 5.74) is 3.73. The molecule has 24 heavy (non-hydrogen) atoms. The smallest absolute Gasteiger partial charge is 0.205 e. The van der Waals surface area contributed by atoms with Crippen molar-refractivity contribution in [1.29, 1.82) is 0 Å². The molecular formula is C21H29IN2. The predicted octanol–water partition coefficient (Wildman–Crippen LogP) is 1.79. The standard InChI is InChI=1S/C21H29N2.HI/c1-4-5-6-8-17-23-18-9-7-10-21(23)16-13-19-11-14-20(15-12-19)22(2)3;/h7,9-16,18H,4-6,8,17H2,1-3H3;1H/q+1;/p-1. The quantitative estimate of drug-likeness (QED) is 0.348. The molecule has 0 aliphatic heterocycles. The molecule has 0 unspecified atom stereocenters. The SMILES string of the molecule is CCCCCC[n+]1ccccc1/C=C/c1ccc(N(C)C)cc1.[I-]. The van der Waals surface area contributed by atoms with Crippen LogP contribution < -0.4 is 33.4 Å². The minimum Gasteiger partial charge on any atom is -1.00 e. The third-order valence-corrected chi connectivity index (χ3v) is 4.08. The average molecular weight is 436 g/mol. The molecule has 0 fully saturated rings. The lowest BCUT2D eigenvalue weighted by Gasteiger charge is -2.11. The number of halogens is 1. The fourth-order valence-corrected chi connectivity index (χ4v) is 2.62. The second kappa shape index (κ2) is 11.2. The lowest BCUT2D eigenvalue weighted by atomic mass is 10.1. The maximum Gasteiger partial charge on any atom is 0.205 e. The Bertz CT molecular complexity index is 618. The molecule has 3 heteroatoms. The van der Waals surface area contributed by atoms with Crippen molar-refractivity contribution in [3.63, 3.8) is 0 Å². The molecule has 0 bridgehead atoms. The topological polar surface area (TPSA) is 7.12 Å². The molecule has 2 rings (SSSR count). The summed E-state index contributed by atoms with van der Waals surface area (Å²) in [5.74, 6) is 0. The maximum atomic E-state index is 2.35. The second-order valence-electron chi connectivity index (χ2n) is 6.20. The van der Waals surface area contributed by atoms with Crippen molar-refractivity contribution in [3.8, 4) is 0 Å². The summed E-state index contributed by atoms with van der Waals surface area (Å²) in [6.07, 6.45) is 11.8. The molecule has 2 aromatic rings. The van der Waals surface area contributed by atoms with E-state index in [1.165, 1.54) is 42.6 Å². The molecule has 0 aliphatic rings. The average Bonchev–Trinajstić information content (AvgIpc) is 2.58. The molecule has 1 aromatic carbocycles. The van der Waals surface area contributed by atoms with Crippen molar-refractivity contribution in [3.05, 3.63) is 59.9 Å². The van der Waals surface area contributed by atoms with Gasteiger partial charge in [-0.25, -0.2) is 0 Å². The monoisotopic (exact) mass is 436 g/mol. The Hall–Kier alpha value is -1.36. The highest BCUT2D eigenvalue weighted by Crippen LogP contribution is 2.14. The number of benzene rings is 1. The molecule has 0 spiro atoms. The summed E-state index contributed by atoms with van der Waals surface area (Å²) in [6, 6.07) is 15.1. The Balaban J connectivity index is 0.00000288. The van der Waals surface area contributed by atoms with E-state index in [9.17, 15) is 0 Å². The third-order valence-electron chi connectivity index (χ3n) is 4.08. The van der Waals surface area contributed by atoms with Crippen molar-refractivity contribution in [1.82, 2.24) is 0 Å². The van der Waals surface area contributed by atoms with Gasteiger partial charge in [0.2, 0.25) is 5.69 Å². The van der Waals surface area contributed by atoms with Crippen molar-refractivity contribution in [2.45, 2.75) is 39.2 Å². The van der Waals surface area contributed by atoms with Crippen LogP contribution in [0.2, 0.25) is 0 Å². The number of nitrogens with zero attached hydrogens (tertiary/aromatic N) is 2. The highest BCUT2D eigenvalue weighted by Gasteiger charge is 2.05. The first kappa shape index (κ1) is 20.7. The second-order valence-corrected chi connectivity index (χ2v) is 6.20. The molecule has 1 aromatic heterocycles. The number of hydrogen-bond acceptors (Lipinski definition) is 1. The van der Waals surface area contributed by atoms with Gasteiger partial charge in [0, 0.05) is 44.4 Å². The van der Waals surface area contributed by atoms with Gasteiger partial charge in [-0.05, 0) is 36.3 Å². The van der Waals surface area contributed by atoms with Crippen molar-refractivity contribution in [2.24, 2.45) is 0 Å². The molecule has 2 nitrogen and oxygen atoms in total. The Kier molecular flexibility index (Phi) is 9.69. The largest absolute Gasteiger partial charge is 1.00 e. The fourth-order valence-electron chi connectivity index (χ4n) is 2.62. The molecule has 1 heterocycles. The summed E-state index contributed by atoms with van der Waals surface area (Å²) in [6.45, 7) is 3.35. The van der Waals surface area contributed by atoms with Gasteiger partial charge in [0.1, 0.15) is 6.54 Å². The number of unbranched alkanes of at least 4 members (excludes halogenated alkanes) is 3. The van der Waals surface area contributed by atoms with E-state index in [1.807, 2.05) is 0 Å². The zero-order chi connectivity index (χ0) is 16.5. The highest BCUT2D eigenvalue weighted by molar-refractivity contribution is 5.68. The van der Waals surface area contributed by atoms with E-state index in [0.717, 1.165) is 6.54 Å². The van der Waals surface area contributed by atoms with E-state index in [4.69, 9.17) is 0 Å². The van der Waals surface area contributed by atoms with Gasteiger partial charge in [-0.15, -0.1) is 0 Å². The molecule has 0 N–H and O–H groups in total. The van der Waals surface area contributed by atoms with Crippen LogP contribution in [0.4, 0.5) is 5.69 Å². The van der Waals surface area contributed by atoms with E-state index in [1.54, 1.807) is 0 Å². The molecular weight excluding hydrogens is 407 g/mol. The van der Waals surface area contributed by atoms with Gasteiger partial charge in [-0.1, -0.05) is 31.9 Å². The van der Waals surface area contributed by atoms with Gasteiger partial charge in [-0.3, -0.25) is 0 Å². The van der Waals surface area contributed by atoms with Crippen LogP contribution in [-0.2, 0) is 6.54 Å². The van der Waals surface area contributed by atoms with Crippen LogP contribution >= 0.6 is 0 Å². The number of aromatic nitrogens is 1. The number of anilines is 1. The van der Waals surface area contributed by atoms with Crippen LogP contribution in [-0.4, -0.2) is 14.1 Å². The van der Waals surface area contributed by atoms with Crippen LogP contribution in [0.25, 0.3) is 12.2 Å².